The first-order valence-electron chi connectivity index (χ1n) is 13.0. The lowest BCUT2D eigenvalue weighted by Crippen LogP contribution is -2.47. The average Bonchev–Trinajstić information content (AvgIpc) is 2.88. The van der Waals surface area contributed by atoms with E-state index in [-0.39, 0.29) is 18.4 Å². The van der Waals surface area contributed by atoms with E-state index in [9.17, 15) is 14.4 Å². The van der Waals surface area contributed by atoms with Crippen LogP contribution in [0.3, 0.4) is 0 Å². The molecule has 0 radical (unpaired) electrons. The van der Waals surface area contributed by atoms with Crippen molar-refractivity contribution in [2.24, 2.45) is 0 Å². The van der Waals surface area contributed by atoms with Crippen LogP contribution in [0.25, 0.3) is 6.08 Å². The second-order valence-corrected chi connectivity index (χ2v) is 10.00. The quantitative estimate of drug-likeness (QED) is 0.316. The first-order chi connectivity index (χ1) is 18.1. The number of amides is 3. The predicted octanol–water partition coefficient (Wildman–Crippen LogP) is 5.95. The standard InChI is InChI=1S/C30H41N3O5/c1-7-9-10-11-19-33(26(34)21-31-29(36)38-30(3,4)5)27(23-14-12-13-22(8-2)20-23)28(35)32-24-15-17-25(37-6)18-16-24/h8,12-18,20,27H,2,7,9-11,19,21H2,1,3-6H3,(H,31,36)(H,32,35). The third-order valence-corrected chi connectivity index (χ3v) is 5.74. The Morgan fingerprint density at radius 1 is 1.05 bits per heavy atom. The zero-order chi connectivity index (χ0) is 28.1. The van der Waals surface area contributed by atoms with Crippen molar-refractivity contribution in [2.75, 3.05) is 25.5 Å². The summed E-state index contributed by atoms with van der Waals surface area (Å²) in [5.74, 6) is -0.0806. The van der Waals surface area contributed by atoms with Gasteiger partial charge in [0.2, 0.25) is 5.91 Å². The highest BCUT2D eigenvalue weighted by Gasteiger charge is 2.32. The minimum Gasteiger partial charge on any atom is -0.497 e. The Balaban J connectivity index is 2.39. The molecule has 0 spiro atoms. The molecule has 3 amide bonds. The fourth-order valence-corrected chi connectivity index (χ4v) is 3.88. The molecule has 0 saturated heterocycles. The molecule has 0 saturated carbocycles. The fourth-order valence-electron chi connectivity index (χ4n) is 3.88. The lowest BCUT2D eigenvalue weighted by atomic mass is 10.0. The van der Waals surface area contributed by atoms with Crippen LogP contribution in [0.4, 0.5) is 10.5 Å². The Bertz CT molecular complexity index is 1080. The summed E-state index contributed by atoms with van der Waals surface area (Å²) in [6.45, 7) is 11.3. The highest BCUT2D eigenvalue weighted by Crippen LogP contribution is 2.26. The van der Waals surface area contributed by atoms with Gasteiger partial charge in [-0.1, -0.05) is 57.0 Å². The molecule has 1 atom stereocenters. The fraction of sp³-hybridized carbons (Fsp3) is 0.433. The van der Waals surface area contributed by atoms with Crippen molar-refractivity contribution in [3.05, 3.63) is 66.2 Å². The van der Waals surface area contributed by atoms with Crippen LogP contribution < -0.4 is 15.4 Å². The molecular weight excluding hydrogens is 482 g/mol. The van der Waals surface area contributed by atoms with E-state index in [1.54, 1.807) is 58.2 Å². The normalized spacial score (nSPS) is 11.7. The minimum atomic E-state index is -0.924. The van der Waals surface area contributed by atoms with Crippen molar-refractivity contribution in [1.29, 1.82) is 0 Å². The van der Waals surface area contributed by atoms with E-state index in [4.69, 9.17) is 9.47 Å². The van der Waals surface area contributed by atoms with Crippen molar-refractivity contribution in [1.82, 2.24) is 10.2 Å². The number of alkyl carbamates (subject to hydrolysis) is 1. The largest absolute Gasteiger partial charge is 0.497 e. The van der Waals surface area contributed by atoms with Crippen LogP contribution in [-0.4, -0.2) is 48.6 Å². The molecule has 38 heavy (non-hydrogen) atoms. The van der Waals surface area contributed by atoms with Gasteiger partial charge in [0.25, 0.3) is 5.91 Å². The third-order valence-electron chi connectivity index (χ3n) is 5.74. The molecular formula is C30H41N3O5. The Kier molecular flexibility index (Phi) is 11.9. The molecule has 1 unspecified atom stereocenters. The summed E-state index contributed by atoms with van der Waals surface area (Å²) in [6.07, 6.45) is 4.70. The lowest BCUT2D eigenvalue weighted by molar-refractivity contribution is -0.138. The summed E-state index contributed by atoms with van der Waals surface area (Å²) in [5.41, 5.74) is 1.36. The molecule has 0 aromatic heterocycles. The number of benzene rings is 2. The maximum Gasteiger partial charge on any atom is 0.408 e. The number of carbonyl (C=O) groups is 3. The average molecular weight is 524 g/mol. The highest BCUT2D eigenvalue weighted by molar-refractivity contribution is 5.98. The van der Waals surface area contributed by atoms with Gasteiger partial charge < -0.3 is 25.0 Å². The van der Waals surface area contributed by atoms with E-state index in [1.165, 1.54) is 4.90 Å². The Morgan fingerprint density at radius 2 is 1.76 bits per heavy atom. The van der Waals surface area contributed by atoms with Crippen LogP contribution in [0.1, 0.15) is 70.5 Å². The molecule has 0 aliphatic heterocycles. The van der Waals surface area contributed by atoms with Crippen molar-refractivity contribution >= 4 is 29.7 Å². The van der Waals surface area contributed by atoms with Gasteiger partial charge in [-0.2, -0.15) is 0 Å². The zero-order valence-electron chi connectivity index (χ0n) is 23.2. The molecule has 0 bridgehead atoms. The maximum absolute atomic E-state index is 13.8. The molecule has 0 aliphatic carbocycles. The van der Waals surface area contributed by atoms with E-state index >= 15 is 0 Å². The maximum atomic E-state index is 13.8. The number of unbranched alkanes of at least 4 members (excludes halogenated alkanes) is 3. The van der Waals surface area contributed by atoms with Gasteiger partial charge in [0.05, 0.1) is 7.11 Å². The topological polar surface area (TPSA) is 97.0 Å². The molecule has 2 aromatic carbocycles. The second-order valence-electron chi connectivity index (χ2n) is 10.00. The Morgan fingerprint density at radius 3 is 2.37 bits per heavy atom. The zero-order valence-corrected chi connectivity index (χ0v) is 23.2. The molecule has 8 nitrogen and oxygen atoms in total. The van der Waals surface area contributed by atoms with Gasteiger partial charge in [-0.15, -0.1) is 0 Å². The minimum absolute atomic E-state index is 0.295. The van der Waals surface area contributed by atoms with Gasteiger partial charge >= 0.3 is 6.09 Å². The van der Waals surface area contributed by atoms with Crippen molar-refractivity contribution in [3.8, 4) is 5.75 Å². The summed E-state index contributed by atoms with van der Waals surface area (Å²) in [6, 6.07) is 13.4. The Hall–Kier alpha value is -3.81. The van der Waals surface area contributed by atoms with Gasteiger partial charge in [-0.3, -0.25) is 9.59 Å². The van der Waals surface area contributed by atoms with Crippen LogP contribution >= 0.6 is 0 Å². The van der Waals surface area contributed by atoms with Crippen LogP contribution in [0.15, 0.2) is 55.1 Å². The van der Waals surface area contributed by atoms with Gasteiger partial charge in [0.1, 0.15) is 23.9 Å². The summed E-state index contributed by atoms with van der Waals surface area (Å²) < 4.78 is 10.5. The van der Waals surface area contributed by atoms with E-state index < -0.39 is 17.7 Å². The molecule has 206 valence electrons. The molecule has 2 N–H and O–H groups in total. The number of ether oxygens (including phenoxy) is 2. The number of hydrogen-bond donors (Lipinski definition) is 2. The molecule has 0 aliphatic rings. The van der Waals surface area contributed by atoms with Gasteiger partial charge in [0, 0.05) is 12.2 Å². The number of hydrogen-bond acceptors (Lipinski definition) is 5. The predicted molar refractivity (Wildman–Crippen MR) is 151 cm³/mol. The first-order valence-corrected chi connectivity index (χ1v) is 13.0. The van der Waals surface area contributed by atoms with Gasteiger partial charge in [0.15, 0.2) is 0 Å². The van der Waals surface area contributed by atoms with E-state index in [2.05, 4.69) is 24.1 Å². The number of rotatable bonds is 13. The summed E-state index contributed by atoms with van der Waals surface area (Å²) >= 11 is 0. The van der Waals surface area contributed by atoms with E-state index in [0.717, 1.165) is 31.2 Å². The monoisotopic (exact) mass is 523 g/mol. The number of nitrogens with one attached hydrogen (secondary N) is 2. The SMILES string of the molecule is C=Cc1cccc(C(C(=O)Nc2ccc(OC)cc2)N(CCCCCC)C(=O)CNC(=O)OC(C)(C)C)c1. The van der Waals surface area contributed by atoms with Gasteiger partial charge in [-0.25, -0.2) is 4.79 Å². The smallest absolute Gasteiger partial charge is 0.408 e. The molecule has 2 rings (SSSR count). The second kappa shape index (κ2) is 14.8. The molecule has 0 fully saturated rings. The van der Waals surface area contributed by atoms with E-state index in [0.29, 0.717) is 23.5 Å². The first kappa shape index (κ1) is 30.4. The van der Waals surface area contributed by atoms with Crippen molar-refractivity contribution in [3.63, 3.8) is 0 Å². The summed E-state index contributed by atoms with van der Waals surface area (Å²) in [7, 11) is 1.57. The molecule has 2 aromatic rings. The van der Waals surface area contributed by atoms with Crippen molar-refractivity contribution in [2.45, 2.75) is 65.0 Å². The number of anilines is 1. The van der Waals surface area contributed by atoms with Crippen molar-refractivity contribution < 1.29 is 23.9 Å². The number of carbonyl (C=O) groups excluding carboxylic acids is 3. The van der Waals surface area contributed by atoms with Crippen LogP contribution in [-0.2, 0) is 14.3 Å². The van der Waals surface area contributed by atoms with Gasteiger partial charge in [-0.05, 0) is 68.7 Å². The van der Waals surface area contributed by atoms with E-state index in [1.807, 2.05) is 24.3 Å². The number of methoxy groups -OCH3 is 1. The van der Waals surface area contributed by atoms with Crippen LogP contribution in [0.5, 0.6) is 5.75 Å². The van der Waals surface area contributed by atoms with Crippen LogP contribution in [0, 0.1) is 0 Å². The number of nitrogens with zero attached hydrogens (tertiary/aromatic N) is 1. The summed E-state index contributed by atoms with van der Waals surface area (Å²) in [4.78, 5) is 41.0. The third kappa shape index (κ3) is 9.92. The van der Waals surface area contributed by atoms with Crippen LogP contribution in [0.2, 0.25) is 0 Å². The molecule has 8 heteroatoms. The summed E-state index contributed by atoms with van der Waals surface area (Å²) in [5, 5.41) is 5.47. The highest BCUT2D eigenvalue weighted by atomic mass is 16.6. The molecule has 0 heterocycles. The lowest BCUT2D eigenvalue weighted by Gasteiger charge is -2.32. The Labute approximate surface area is 226 Å².